The molecule has 0 aromatic heterocycles. The number of carbonyl (C=O) groups excluding carboxylic acids is 2. The molecule has 5 heteroatoms. The molecule has 1 aliphatic heterocycles. The van der Waals surface area contributed by atoms with E-state index >= 15 is 0 Å². The molecule has 2 amide bonds. The van der Waals surface area contributed by atoms with E-state index in [0.717, 1.165) is 17.0 Å². The van der Waals surface area contributed by atoms with Gasteiger partial charge in [0.25, 0.3) is 0 Å². The third-order valence-corrected chi connectivity index (χ3v) is 4.18. The van der Waals surface area contributed by atoms with Crippen LogP contribution in [0.3, 0.4) is 0 Å². The number of nitrogens with one attached hydrogen (secondary N) is 1. The minimum absolute atomic E-state index is 0.0111. The molecular formula is C14H18N2O2S. The molecule has 0 aliphatic carbocycles. The van der Waals surface area contributed by atoms with Gasteiger partial charge in [-0.2, -0.15) is 0 Å². The lowest BCUT2D eigenvalue weighted by molar-refractivity contribution is -0.123. The first kappa shape index (κ1) is 13.9. The van der Waals surface area contributed by atoms with Gasteiger partial charge in [-0.05, 0) is 25.5 Å². The van der Waals surface area contributed by atoms with Crippen LogP contribution >= 0.6 is 11.8 Å². The van der Waals surface area contributed by atoms with Gasteiger partial charge in [-0.3, -0.25) is 9.59 Å². The van der Waals surface area contributed by atoms with E-state index in [0.29, 0.717) is 5.75 Å². The van der Waals surface area contributed by atoms with Gasteiger partial charge in [0.2, 0.25) is 11.8 Å². The number of hydrogen-bond acceptors (Lipinski definition) is 3. The molecule has 1 N–H and O–H groups in total. The van der Waals surface area contributed by atoms with Crippen LogP contribution in [0.25, 0.3) is 0 Å². The van der Waals surface area contributed by atoms with Crippen molar-refractivity contribution in [3.63, 3.8) is 0 Å². The maximum Gasteiger partial charge on any atom is 0.240 e. The minimum atomic E-state index is -0.107. The Bertz CT molecular complexity index is 490. The van der Waals surface area contributed by atoms with E-state index in [4.69, 9.17) is 0 Å². The number of benzene rings is 1. The Kier molecular flexibility index (Phi) is 4.47. The van der Waals surface area contributed by atoms with Gasteiger partial charge < -0.3 is 10.2 Å². The summed E-state index contributed by atoms with van der Waals surface area (Å²) in [6.45, 7) is 4.07. The topological polar surface area (TPSA) is 49.4 Å². The normalized spacial score (nSPS) is 15.9. The first-order valence-corrected chi connectivity index (χ1v) is 7.42. The van der Waals surface area contributed by atoms with Crippen LogP contribution in [0.15, 0.2) is 29.2 Å². The fourth-order valence-electron chi connectivity index (χ4n) is 1.89. The van der Waals surface area contributed by atoms with Crippen LogP contribution in [-0.4, -0.2) is 30.2 Å². The monoisotopic (exact) mass is 278 g/mol. The lowest BCUT2D eigenvalue weighted by atomic mass is 10.2. The van der Waals surface area contributed by atoms with Gasteiger partial charge in [-0.15, -0.1) is 11.8 Å². The number of rotatable bonds is 4. The molecule has 0 radical (unpaired) electrons. The first-order chi connectivity index (χ1) is 9.11. The molecule has 4 nitrogen and oxygen atoms in total. The Labute approximate surface area is 117 Å². The van der Waals surface area contributed by atoms with Crippen molar-refractivity contribution in [2.45, 2.75) is 31.2 Å². The predicted molar refractivity (Wildman–Crippen MR) is 77.4 cm³/mol. The van der Waals surface area contributed by atoms with Crippen molar-refractivity contribution in [1.29, 1.82) is 0 Å². The number of para-hydroxylation sites is 1. The number of nitrogens with zero attached hydrogens (tertiary/aromatic N) is 1. The first-order valence-electron chi connectivity index (χ1n) is 6.43. The summed E-state index contributed by atoms with van der Waals surface area (Å²) in [4.78, 5) is 26.5. The molecule has 0 saturated heterocycles. The zero-order chi connectivity index (χ0) is 13.8. The summed E-state index contributed by atoms with van der Waals surface area (Å²) in [5.74, 6) is 0.278. The highest BCUT2D eigenvalue weighted by molar-refractivity contribution is 8.00. The second kappa shape index (κ2) is 6.10. The largest absolute Gasteiger partial charge is 0.352 e. The average Bonchev–Trinajstić information content (AvgIpc) is 2.42. The van der Waals surface area contributed by atoms with Crippen molar-refractivity contribution < 1.29 is 9.59 Å². The van der Waals surface area contributed by atoms with Crippen LogP contribution in [0.4, 0.5) is 5.69 Å². The Morgan fingerprint density at radius 3 is 2.95 bits per heavy atom. The fraction of sp³-hybridized carbons (Fsp3) is 0.429. The smallest absolute Gasteiger partial charge is 0.240 e. The van der Waals surface area contributed by atoms with E-state index in [9.17, 15) is 9.59 Å². The van der Waals surface area contributed by atoms with E-state index in [1.165, 1.54) is 11.8 Å². The van der Waals surface area contributed by atoms with E-state index in [1.54, 1.807) is 4.90 Å². The van der Waals surface area contributed by atoms with Crippen LogP contribution in [0.5, 0.6) is 0 Å². The van der Waals surface area contributed by atoms with Crippen molar-refractivity contribution in [2.75, 3.05) is 17.2 Å². The highest BCUT2D eigenvalue weighted by atomic mass is 32.2. The summed E-state index contributed by atoms with van der Waals surface area (Å²) >= 11 is 1.52. The molecular weight excluding hydrogens is 260 g/mol. The quantitative estimate of drug-likeness (QED) is 0.917. The Balaban J connectivity index is 2.11. The Morgan fingerprint density at radius 1 is 1.47 bits per heavy atom. The van der Waals surface area contributed by atoms with Crippen molar-refractivity contribution in [1.82, 2.24) is 5.32 Å². The molecule has 19 heavy (non-hydrogen) atoms. The molecule has 1 atom stereocenters. The lowest BCUT2D eigenvalue weighted by Gasteiger charge is -2.28. The van der Waals surface area contributed by atoms with E-state index in [-0.39, 0.29) is 24.4 Å². The highest BCUT2D eigenvalue weighted by Gasteiger charge is 2.26. The Hall–Kier alpha value is -1.49. The van der Waals surface area contributed by atoms with E-state index in [1.807, 2.05) is 38.1 Å². The zero-order valence-corrected chi connectivity index (χ0v) is 12.0. The lowest BCUT2D eigenvalue weighted by Crippen LogP contribution is -2.45. The number of amides is 2. The van der Waals surface area contributed by atoms with Gasteiger partial charge in [0.15, 0.2) is 0 Å². The molecule has 0 saturated carbocycles. The third kappa shape index (κ3) is 3.29. The molecule has 0 spiro atoms. The molecule has 102 valence electrons. The second-order valence-corrected chi connectivity index (χ2v) is 5.63. The minimum Gasteiger partial charge on any atom is -0.352 e. The maximum absolute atomic E-state index is 12.0. The second-order valence-electron chi connectivity index (χ2n) is 4.61. The van der Waals surface area contributed by atoms with Gasteiger partial charge >= 0.3 is 0 Å². The number of anilines is 1. The number of hydrogen-bond donors (Lipinski definition) is 1. The number of carbonyl (C=O) groups is 2. The van der Waals surface area contributed by atoms with E-state index in [2.05, 4.69) is 5.32 Å². The summed E-state index contributed by atoms with van der Waals surface area (Å²) in [6.07, 6.45) is 0.881. The van der Waals surface area contributed by atoms with Gasteiger partial charge in [0, 0.05) is 10.9 Å². The molecule has 0 fully saturated rings. The zero-order valence-electron chi connectivity index (χ0n) is 11.2. The summed E-state index contributed by atoms with van der Waals surface area (Å²) in [7, 11) is 0. The summed E-state index contributed by atoms with van der Waals surface area (Å²) in [5.41, 5.74) is 0.836. The van der Waals surface area contributed by atoms with E-state index < -0.39 is 0 Å². The molecule has 0 bridgehead atoms. The summed E-state index contributed by atoms with van der Waals surface area (Å²) in [5, 5.41) is 2.89. The summed E-state index contributed by atoms with van der Waals surface area (Å²) < 4.78 is 0. The van der Waals surface area contributed by atoms with Crippen LogP contribution in [0.2, 0.25) is 0 Å². The van der Waals surface area contributed by atoms with Crippen LogP contribution in [0.1, 0.15) is 20.3 Å². The van der Waals surface area contributed by atoms with Crippen LogP contribution in [0, 0.1) is 0 Å². The molecule has 1 aliphatic rings. The Morgan fingerprint density at radius 2 is 2.21 bits per heavy atom. The number of fused-ring (bicyclic) bond motifs is 1. The SMILES string of the molecule is CC[C@@H](C)NC(=O)CN1C(=O)CSc2ccccc21. The fourth-order valence-corrected chi connectivity index (χ4v) is 2.83. The average molecular weight is 278 g/mol. The van der Waals surface area contributed by atoms with Gasteiger partial charge in [0.05, 0.1) is 11.4 Å². The molecule has 0 unspecified atom stereocenters. The number of thioether (sulfide) groups is 1. The standard InChI is InChI=1S/C14H18N2O2S/c1-3-10(2)15-13(17)8-16-11-6-4-5-7-12(11)19-9-14(16)18/h4-7,10H,3,8-9H2,1-2H3,(H,15,17)/t10-/m1/s1. The van der Waals surface area contributed by atoms with Crippen molar-refractivity contribution in [2.24, 2.45) is 0 Å². The van der Waals surface area contributed by atoms with Crippen molar-refractivity contribution in [3.05, 3.63) is 24.3 Å². The summed E-state index contributed by atoms with van der Waals surface area (Å²) in [6, 6.07) is 7.83. The van der Waals surface area contributed by atoms with Crippen LogP contribution in [-0.2, 0) is 9.59 Å². The van der Waals surface area contributed by atoms with Crippen LogP contribution < -0.4 is 10.2 Å². The highest BCUT2D eigenvalue weighted by Crippen LogP contribution is 2.34. The predicted octanol–water partition coefficient (Wildman–Crippen LogP) is 2.04. The van der Waals surface area contributed by atoms with Gasteiger partial charge in [-0.1, -0.05) is 19.1 Å². The van der Waals surface area contributed by atoms with Gasteiger partial charge in [0.1, 0.15) is 6.54 Å². The maximum atomic E-state index is 12.0. The van der Waals surface area contributed by atoms with Crippen molar-refractivity contribution >= 4 is 29.3 Å². The third-order valence-electron chi connectivity index (χ3n) is 3.13. The molecule has 1 aromatic carbocycles. The van der Waals surface area contributed by atoms with Gasteiger partial charge in [-0.25, -0.2) is 0 Å². The molecule has 1 heterocycles. The molecule has 1 aromatic rings. The van der Waals surface area contributed by atoms with Crippen molar-refractivity contribution in [3.8, 4) is 0 Å². The molecule has 2 rings (SSSR count).